The topological polar surface area (TPSA) is 34.9 Å². The quantitative estimate of drug-likeness (QED) is 0.620. The van der Waals surface area contributed by atoms with Crippen molar-refractivity contribution in [2.45, 2.75) is 25.2 Å². The molecule has 3 nitrogen and oxygen atoms in total. The van der Waals surface area contributed by atoms with E-state index in [1.807, 2.05) is 38.2 Å². The highest BCUT2D eigenvalue weighted by Crippen LogP contribution is 2.22. The maximum Gasteiger partial charge on any atom is 0.168 e. The molecular formula is C15H17ClN2OS. The van der Waals surface area contributed by atoms with Gasteiger partial charge in [-0.1, -0.05) is 30.7 Å². The van der Waals surface area contributed by atoms with Gasteiger partial charge in [-0.3, -0.25) is 9.48 Å². The third kappa shape index (κ3) is 3.25. The van der Waals surface area contributed by atoms with Crippen molar-refractivity contribution in [1.82, 2.24) is 9.78 Å². The van der Waals surface area contributed by atoms with Crippen LogP contribution in [0, 0.1) is 6.92 Å². The van der Waals surface area contributed by atoms with Crippen molar-refractivity contribution < 1.29 is 4.79 Å². The number of nitrogens with zero attached hydrogens (tertiary/aromatic N) is 2. The van der Waals surface area contributed by atoms with Gasteiger partial charge in [-0.25, -0.2) is 0 Å². The van der Waals surface area contributed by atoms with Gasteiger partial charge in [0, 0.05) is 17.5 Å². The lowest BCUT2D eigenvalue weighted by Crippen LogP contribution is -2.08. The van der Waals surface area contributed by atoms with Gasteiger partial charge >= 0.3 is 0 Å². The number of aromatic nitrogens is 2. The summed E-state index contributed by atoms with van der Waals surface area (Å²) in [7, 11) is 1.81. The summed E-state index contributed by atoms with van der Waals surface area (Å²) in [6.07, 6.45) is 0.274. The fourth-order valence-electron chi connectivity index (χ4n) is 2.03. The minimum atomic E-state index is 0.0583. The summed E-state index contributed by atoms with van der Waals surface area (Å²) < 4.78 is 1.68. The lowest BCUT2D eigenvalue weighted by molar-refractivity contribution is 0.0990. The van der Waals surface area contributed by atoms with E-state index in [4.69, 9.17) is 11.6 Å². The number of hydrogen-bond donors (Lipinski definition) is 0. The van der Waals surface area contributed by atoms with Crippen LogP contribution >= 0.6 is 23.4 Å². The second kappa shape index (κ2) is 6.46. The number of hydrogen-bond acceptors (Lipinski definition) is 3. The molecule has 0 unspecified atom stereocenters. The van der Waals surface area contributed by atoms with E-state index in [1.165, 1.54) is 4.90 Å². The summed E-state index contributed by atoms with van der Waals surface area (Å²) >= 11 is 7.93. The fraction of sp³-hybridized carbons (Fsp3) is 0.333. The molecule has 5 heteroatoms. The first kappa shape index (κ1) is 15.1. The van der Waals surface area contributed by atoms with Gasteiger partial charge in [-0.2, -0.15) is 5.10 Å². The molecule has 0 N–H and O–H groups in total. The van der Waals surface area contributed by atoms with Gasteiger partial charge in [0.25, 0.3) is 0 Å². The van der Waals surface area contributed by atoms with Crippen LogP contribution in [0.2, 0.25) is 5.02 Å². The van der Waals surface area contributed by atoms with Crippen molar-refractivity contribution in [2.75, 3.05) is 5.75 Å². The molecule has 2 aromatic rings. The van der Waals surface area contributed by atoms with Crippen LogP contribution in [0.5, 0.6) is 0 Å². The zero-order valence-corrected chi connectivity index (χ0v) is 13.4. The lowest BCUT2D eigenvalue weighted by Gasteiger charge is -2.04. The Balaban J connectivity index is 2.15. The van der Waals surface area contributed by atoms with Crippen molar-refractivity contribution in [1.29, 1.82) is 0 Å². The molecule has 106 valence electrons. The zero-order chi connectivity index (χ0) is 14.7. The smallest absolute Gasteiger partial charge is 0.168 e. The molecule has 0 atom stereocenters. The molecule has 0 aliphatic heterocycles. The second-order valence-corrected chi connectivity index (χ2v) is 6.24. The van der Waals surface area contributed by atoms with Crippen molar-refractivity contribution in [2.24, 2.45) is 7.05 Å². The second-order valence-electron chi connectivity index (χ2n) is 4.53. The Morgan fingerprint density at radius 1 is 1.35 bits per heavy atom. The van der Waals surface area contributed by atoms with Crippen molar-refractivity contribution in [3.63, 3.8) is 0 Å². The molecule has 0 amide bonds. The van der Waals surface area contributed by atoms with Gasteiger partial charge in [0.1, 0.15) is 0 Å². The maximum atomic E-state index is 12.3. The van der Waals surface area contributed by atoms with Crippen LogP contribution in [0.3, 0.4) is 0 Å². The van der Waals surface area contributed by atoms with E-state index in [0.717, 1.165) is 17.1 Å². The van der Waals surface area contributed by atoms with Gasteiger partial charge in [0.15, 0.2) is 5.78 Å². The molecule has 20 heavy (non-hydrogen) atoms. The van der Waals surface area contributed by atoms with Crippen LogP contribution in [0.4, 0.5) is 0 Å². The molecule has 1 heterocycles. The average Bonchev–Trinajstić information content (AvgIpc) is 2.66. The molecule has 1 aromatic heterocycles. The van der Waals surface area contributed by atoms with Gasteiger partial charge in [0.05, 0.1) is 22.8 Å². The lowest BCUT2D eigenvalue weighted by atomic mass is 10.1. The minimum Gasteiger partial charge on any atom is -0.294 e. The van der Waals surface area contributed by atoms with Crippen LogP contribution in [0.25, 0.3) is 0 Å². The van der Waals surface area contributed by atoms with Gasteiger partial charge in [-0.05, 0) is 24.8 Å². The monoisotopic (exact) mass is 308 g/mol. The molecule has 0 bridgehead atoms. The molecule has 0 spiro atoms. The number of halogens is 1. The first-order valence-corrected chi connectivity index (χ1v) is 7.83. The number of aryl methyl sites for hydroxylation is 2. The predicted molar refractivity (Wildman–Crippen MR) is 83.8 cm³/mol. The van der Waals surface area contributed by atoms with Gasteiger partial charge in [-0.15, -0.1) is 11.8 Å². The highest BCUT2D eigenvalue weighted by Gasteiger charge is 2.15. The highest BCUT2D eigenvalue weighted by atomic mass is 35.5. The first-order valence-electron chi connectivity index (χ1n) is 6.47. The summed E-state index contributed by atoms with van der Waals surface area (Å²) in [5.74, 6) is 1.08. The number of benzene rings is 1. The summed E-state index contributed by atoms with van der Waals surface area (Å²) in [5.41, 5.74) is 2.23. The van der Waals surface area contributed by atoms with Crippen molar-refractivity contribution in [3.05, 3.63) is 46.2 Å². The van der Waals surface area contributed by atoms with E-state index < -0.39 is 0 Å². The molecule has 0 fully saturated rings. The van der Waals surface area contributed by atoms with E-state index in [1.54, 1.807) is 16.4 Å². The zero-order valence-electron chi connectivity index (χ0n) is 11.8. The van der Waals surface area contributed by atoms with Crippen LogP contribution < -0.4 is 0 Å². The Morgan fingerprint density at radius 2 is 2.00 bits per heavy atom. The van der Waals surface area contributed by atoms with Gasteiger partial charge < -0.3 is 0 Å². The first-order chi connectivity index (χ1) is 9.52. The Labute approximate surface area is 128 Å². The summed E-state index contributed by atoms with van der Waals surface area (Å²) in [5, 5.41) is 4.81. The number of rotatable bonds is 5. The summed E-state index contributed by atoms with van der Waals surface area (Å²) in [4.78, 5) is 13.5. The Hall–Kier alpha value is -1.26. The normalized spacial score (nSPS) is 10.8. The van der Waals surface area contributed by atoms with Gasteiger partial charge in [0.2, 0.25) is 0 Å². The van der Waals surface area contributed by atoms with E-state index in [2.05, 4.69) is 12.0 Å². The minimum absolute atomic E-state index is 0.0583. The third-order valence-electron chi connectivity index (χ3n) is 3.08. The van der Waals surface area contributed by atoms with Crippen LogP contribution in [-0.2, 0) is 13.5 Å². The average molecular weight is 309 g/mol. The molecule has 0 radical (unpaired) electrons. The number of Topliss-reactive ketones (excluding diaryl/α,β-unsaturated/α-hetero) is 1. The Bertz CT molecular complexity index is 620. The molecule has 0 saturated carbocycles. The predicted octanol–water partition coefficient (Wildman–Crippen LogP) is 3.92. The molecule has 2 rings (SSSR count). The molecular weight excluding hydrogens is 292 g/mol. The molecule has 0 aliphatic rings. The number of ketones is 1. The standard InChI is InChI=1S/C15H17ClN2OS/c1-4-20-12-7-5-11(6-8-12)14(19)9-13-15(16)10(2)17-18(13)3/h5-8H,4,9H2,1-3H3. The molecule has 0 saturated heterocycles. The van der Waals surface area contributed by atoms with E-state index in [9.17, 15) is 4.79 Å². The number of thioether (sulfide) groups is 1. The van der Waals surface area contributed by atoms with E-state index in [-0.39, 0.29) is 12.2 Å². The molecule has 1 aromatic carbocycles. The van der Waals surface area contributed by atoms with Crippen LogP contribution in [0.1, 0.15) is 28.7 Å². The fourth-order valence-corrected chi connectivity index (χ4v) is 2.92. The van der Waals surface area contributed by atoms with E-state index >= 15 is 0 Å². The Morgan fingerprint density at radius 3 is 2.50 bits per heavy atom. The summed E-state index contributed by atoms with van der Waals surface area (Å²) in [6, 6.07) is 7.71. The largest absolute Gasteiger partial charge is 0.294 e. The van der Waals surface area contributed by atoms with E-state index in [0.29, 0.717) is 10.6 Å². The van der Waals surface area contributed by atoms with Crippen molar-refractivity contribution >= 4 is 29.1 Å². The SMILES string of the molecule is CCSc1ccc(C(=O)Cc2c(Cl)c(C)nn2C)cc1. The van der Waals surface area contributed by atoms with Crippen molar-refractivity contribution in [3.8, 4) is 0 Å². The summed E-state index contributed by atoms with van der Waals surface area (Å²) in [6.45, 7) is 3.95. The van der Waals surface area contributed by atoms with Crippen LogP contribution in [0.15, 0.2) is 29.2 Å². The highest BCUT2D eigenvalue weighted by molar-refractivity contribution is 7.99. The third-order valence-corrected chi connectivity index (χ3v) is 4.46. The molecule has 0 aliphatic carbocycles. The Kier molecular flexibility index (Phi) is 4.89. The number of carbonyl (C=O) groups is 1. The maximum absolute atomic E-state index is 12.3. The number of carbonyl (C=O) groups excluding carboxylic acids is 1. The van der Waals surface area contributed by atoms with Crippen LogP contribution in [-0.4, -0.2) is 21.3 Å².